The largest absolute Gasteiger partial charge is 0.497 e. The monoisotopic (exact) mass is 237 g/mol. The van der Waals surface area contributed by atoms with E-state index in [9.17, 15) is 8.42 Å². The van der Waals surface area contributed by atoms with Gasteiger partial charge in [0.05, 0.1) is 7.11 Å². The Morgan fingerprint density at radius 2 is 1.81 bits per heavy atom. The molecule has 0 bridgehead atoms. The van der Waals surface area contributed by atoms with E-state index in [1.165, 1.54) is 6.08 Å². The van der Waals surface area contributed by atoms with Gasteiger partial charge in [-0.15, -0.1) is 0 Å². The predicted octanol–water partition coefficient (Wildman–Crippen LogP) is 1.26. The Balaban J connectivity index is 2.47. The zero-order valence-corrected chi connectivity index (χ0v) is 9.49. The number of hydrogen-bond acceptors (Lipinski definition) is 4. The molecule has 1 aromatic carbocycles. The molecule has 0 fully saturated rings. The average molecular weight is 237 g/mol. The highest BCUT2D eigenvalue weighted by Crippen LogP contribution is 2.28. The third-order valence-corrected chi connectivity index (χ3v) is 3.71. The molecule has 84 valence electrons. The molecule has 0 spiro atoms. The highest BCUT2D eigenvalue weighted by molar-refractivity contribution is 7.98. The summed E-state index contributed by atoms with van der Waals surface area (Å²) in [4.78, 5) is 0. The highest BCUT2D eigenvalue weighted by Gasteiger charge is 2.21. The Kier molecular flexibility index (Phi) is 2.47. The molecule has 1 aliphatic rings. The van der Waals surface area contributed by atoms with E-state index in [4.69, 9.17) is 10.5 Å². The molecule has 0 aliphatic carbocycles. The predicted molar refractivity (Wildman–Crippen MR) is 62.2 cm³/mol. The summed E-state index contributed by atoms with van der Waals surface area (Å²) >= 11 is 0. The van der Waals surface area contributed by atoms with Gasteiger partial charge in [-0.25, -0.2) is 8.42 Å². The average Bonchev–Trinajstić information content (AvgIpc) is 2.55. The van der Waals surface area contributed by atoms with E-state index in [-0.39, 0.29) is 5.03 Å². The minimum absolute atomic E-state index is 0.0994. The normalized spacial score (nSPS) is 17.8. The number of allylic oxidation sites excluding steroid dienone is 2. The lowest BCUT2D eigenvalue weighted by molar-refractivity contribution is 0.415. The molecule has 2 rings (SSSR count). The van der Waals surface area contributed by atoms with Crippen molar-refractivity contribution >= 4 is 15.4 Å². The molecule has 0 unspecified atom stereocenters. The molecule has 0 aromatic heterocycles. The van der Waals surface area contributed by atoms with Crippen LogP contribution in [0.2, 0.25) is 0 Å². The van der Waals surface area contributed by atoms with Crippen molar-refractivity contribution in [3.8, 4) is 5.75 Å². The van der Waals surface area contributed by atoms with Crippen LogP contribution in [0.3, 0.4) is 0 Å². The molecule has 2 N–H and O–H groups in total. The second-order valence-electron chi connectivity index (χ2n) is 3.35. The maximum Gasteiger partial charge on any atom is 0.215 e. The molecule has 0 saturated heterocycles. The maximum atomic E-state index is 11.4. The van der Waals surface area contributed by atoms with E-state index in [1.54, 1.807) is 31.4 Å². The van der Waals surface area contributed by atoms with Crippen LogP contribution < -0.4 is 10.5 Å². The summed E-state index contributed by atoms with van der Waals surface area (Å²) in [7, 11) is -1.82. The SMILES string of the molecule is COc1ccc(C2=C(N)S(=O)(=O)C=C2)cc1. The van der Waals surface area contributed by atoms with Crippen LogP contribution in [0.25, 0.3) is 5.57 Å². The second-order valence-corrected chi connectivity index (χ2v) is 5.16. The third kappa shape index (κ3) is 1.69. The van der Waals surface area contributed by atoms with Crippen molar-refractivity contribution in [2.24, 2.45) is 5.73 Å². The van der Waals surface area contributed by atoms with Crippen LogP contribution in [0.1, 0.15) is 5.56 Å². The molecular weight excluding hydrogens is 226 g/mol. The van der Waals surface area contributed by atoms with Crippen molar-refractivity contribution in [3.05, 3.63) is 46.3 Å². The van der Waals surface area contributed by atoms with Crippen LogP contribution in [-0.2, 0) is 9.84 Å². The van der Waals surface area contributed by atoms with Crippen molar-refractivity contribution in [3.63, 3.8) is 0 Å². The van der Waals surface area contributed by atoms with Gasteiger partial charge in [0.1, 0.15) is 10.8 Å². The lowest BCUT2D eigenvalue weighted by Crippen LogP contribution is -2.07. The van der Waals surface area contributed by atoms with Crippen LogP contribution in [0.5, 0.6) is 5.75 Å². The number of sulfone groups is 1. The zero-order chi connectivity index (χ0) is 11.8. The quantitative estimate of drug-likeness (QED) is 0.840. The molecule has 0 radical (unpaired) electrons. The summed E-state index contributed by atoms with van der Waals surface area (Å²) < 4.78 is 27.8. The van der Waals surface area contributed by atoms with E-state index < -0.39 is 9.84 Å². The lowest BCUT2D eigenvalue weighted by Gasteiger charge is -2.04. The van der Waals surface area contributed by atoms with Gasteiger partial charge in [-0.3, -0.25) is 0 Å². The fourth-order valence-electron chi connectivity index (χ4n) is 1.48. The van der Waals surface area contributed by atoms with E-state index in [1.807, 2.05) is 0 Å². The number of nitrogens with two attached hydrogens (primary N) is 1. The Morgan fingerprint density at radius 3 is 2.25 bits per heavy atom. The molecule has 1 aromatic rings. The lowest BCUT2D eigenvalue weighted by atomic mass is 10.1. The maximum absolute atomic E-state index is 11.4. The molecule has 0 atom stereocenters. The minimum atomic E-state index is -3.39. The molecular formula is C11H11NO3S. The number of rotatable bonds is 2. The summed E-state index contributed by atoms with van der Waals surface area (Å²) in [5, 5.41) is 1.01. The summed E-state index contributed by atoms with van der Waals surface area (Å²) in [6.45, 7) is 0. The molecule has 0 saturated carbocycles. The molecule has 1 heterocycles. The number of hydrogen-bond donors (Lipinski definition) is 1. The van der Waals surface area contributed by atoms with Crippen LogP contribution >= 0.6 is 0 Å². The van der Waals surface area contributed by atoms with Gasteiger partial charge in [-0.1, -0.05) is 12.1 Å². The Morgan fingerprint density at radius 1 is 1.19 bits per heavy atom. The second kappa shape index (κ2) is 3.68. The number of ether oxygens (including phenoxy) is 1. The molecule has 4 nitrogen and oxygen atoms in total. The topological polar surface area (TPSA) is 69.4 Å². The summed E-state index contributed by atoms with van der Waals surface area (Å²) in [6.07, 6.45) is 1.51. The van der Waals surface area contributed by atoms with Gasteiger partial charge in [-0.05, 0) is 23.8 Å². The van der Waals surface area contributed by atoms with E-state index in [0.717, 1.165) is 11.0 Å². The molecule has 16 heavy (non-hydrogen) atoms. The van der Waals surface area contributed by atoms with Crippen LogP contribution in [0.15, 0.2) is 40.8 Å². The fourth-order valence-corrected chi connectivity index (χ4v) is 2.43. The van der Waals surface area contributed by atoms with Crippen molar-refractivity contribution in [2.45, 2.75) is 0 Å². The number of methoxy groups -OCH3 is 1. The first kappa shape index (κ1) is 10.8. The van der Waals surface area contributed by atoms with Crippen molar-refractivity contribution in [2.75, 3.05) is 7.11 Å². The minimum Gasteiger partial charge on any atom is -0.497 e. The molecule has 5 heteroatoms. The van der Waals surface area contributed by atoms with Gasteiger partial charge in [-0.2, -0.15) is 0 Å². The van der Waals surface area contributed by atoms with Gasteiger partial charge in [0.25, 0.3) is 0 Å². The smallest absolute Gasteiger partial charge is 0.215 e. The first-order chi connectivity index (χ1) is 7.54. The van der Waals surface area contributed by atoms with Gasteiger partial charge >= 0.3 is 0 Å². The van der Waals surface area contributed by atoms with Crippen LogP contribution in [0, 0.1) is 0 Å². The van der Waals surface area contributed by atoms with E-state index in [0.29, 0.717) is 11.3 Å². The molecule has 1 aliphatic heterocycles. The van der Waals surface area contributed by atoms with Gasteiger partial charge in [0.2, 0.25) is 9.84 Å². The van der Waals surface area contributed by atoms with Gasteiger partial charge in [0, 0.05) is 11.0 Å². The standard InChI is InChI=1S/C11H11NO3S/c1-15-9-4-2-8(3-5-9)10-6-7-16(13,14)11(10)12/h2-7H,12H2,1H3. The van der Waals surface area contributed by atoms with E-state index >= 15 is 0 Å². The third-order valence-electron chi connectivity index (χ3n) is 2.39. The van der Waals surface area contributed by atoms with Gasteiger partial charge in [0.15, 0.2) is 0 Å². The van der Waals surface area contributed by atoms with Crippen LogP contribution in [0.4, 0.5) is 0 Å². The van der Waals surface area contributed by atoms with Gasteiger partial charge < -0.3 is 10.5 Å². The Labute approximate surface area is 93.9 Å². The first-order valence-electron chi connectivity index (χ1n) is 4.62. The van der Waals surface area contributed by atoms with Crippen LogP contribution in [-0.4, -0.2) is 15.5 Å². The summed E-state index contributed by atoms with van der Waals surface area (Å²) in [6, 6.07) is 7.06. The Hall–Kier alpha value is -1.75. The van der Waals surface area contributed by atoms with Crippen molar-refractivity contribution in [1.82, 2.24) is 0 Å². The first-order valence-corrected chi connectivity index (χ1v) is 6.16. The fraction of sp³-hybridized carbons (Fsp3) is 0.0909. The zero-order valence-electron chi connectivity index (χ0n) is 8.67. The summed E-state index contributed by atoms with van der Waals surface area (Å²) in [5.41, 5.74) is 6.85. The Bertz CT molecular complexity index is 568. The van der Waals surface area contributed by atoms with Crippen molar-refractivity contribution in [1.29, 1.82) is 0 Å². The number of benzene rings is 1. The van der Waals surface area contributed by atoms with E-state index in [2.05, 4.69) is 0 Å². The summed E-state index contributed by atoms with van der Waals surface area (Å²) in [5.74, 6) is 0.716. The highest BCUT2D eigenvalue weighted by atomic mass is 32.2. The molecule has 0 amide bonds. The van der Waals surface area contributed by atoms with Crippen molar-refractivity contribution < 1.29 is 13.2 Å².